The lowest BCUT2D eigenvalue weighted by Gasteiger charge is -2.32. The second-order valence-electron chi connectivity index (χ2n) is 12.5. The molecule has 5 heteroatoms. The summed E-state index contributed by atoms with van der Waals surface area (Å²) in [7, 11) is -0.480. The SMILES string of the molecule is CC(C)c1ccc2ccc3c(-c4cc5ccccc5cc4B4OC(C)(C)C(C)(C)O4)cc(C(C)C)nc3c2n1. The van der Waals surface area contributed by atoms with Gasteiger partial charge in [-0.3, -0.25) is 9.97 Å². The van der Waals surface area contributed by atoms with Gasteiger partial charge in [0.1, 0.15) is 0 Å². The maximum absolute atomic E-state index is 6.61. The number of hydrogen-bond acceptors (Lipinski definition) is 4. The highest BCUT2D eigenvalue weighted by molar-refractivity contribution is 6.64. The van der Waals surface area contributed by atoms with E-state index >= 15 is 0 Å². The van der Waals surface area contributed by atoms with Crippen LogP contribution in [0, 0.1) is 0 Å². The Balaban J connectivity index is 1.69. The second-order valence-corrected chi connectivity index (χ2v) is 12.5. The van der Waals surface area contributed by atoms with Crippen molar-refractivity contribution in [1.82, 2.24) is 9.97 Å². The molecule has 0 unspecified atom stereocenters. The fourth-order valence-electron chi connectivity index (χ4n) is 5.40. The van der Waals surface area contributed by atoms with Crippen LogP contribution in [-0.2, 0) is 9.31 Å². The van der Waals surface area contributed by atoms with Crippen molar-refractivity contribution in [2.45, 2.75) is 78.4 Å². The molecule has 39 heavy (non-hydrogen) atoms. The van der Waals surface area contributed by atoms with Crippen molar-refractivity contribution in [3.8, 4) is 11.1 Å². The van der Waals surface area contributed by atoms with Gasteiger partial charge in [-0.2, -0.15) is 0 Å². The van der Waals surface area contributed by atoms with E-state index in [4.69, 9.17) is 19.3 Å². The molecule has 1 aliphatic rings. The molecular weight excluding hydrogens is 479 g/mol. The molecule has 0 amide bonds. The molecule has 0 aliphatic carbocycles. The highest BCUT2D eigenvalue weighted by Crippen LogP contribution is 2.40. The van der Waals surface area contributed by atoms with Gasteiger partial charge in [0, 0.05) is 22.2 Å². The number of fused-ring (bicyclic) bond motifs is 4. The molecule has 0 atom stereocenters. The molecule has 0 N–H and O–H groups in total. The molecule has 1 aliphatic heterocycles. The fourth-order valence-corrected chi connectivity index (χ4v) is 5.40. The standard InChI is InChI=1S/C34H37BN2O2/c1-20(2)29-16-14-22-13-15-25-26(19-30(21(3)4)37-32(25)31(22)36-29)27-17-23-11-9-10-12-24(23)18-28(27)35-38-33(5,6)34(7,8)39-35/h9-21H,1-8H3. The van der Waals surface area contributed by atoms with Crippen molar-refractivity contribution in [2.75, 3.05) is 0 Å². The predicted octanol–water partition coefficient (Wildman–Crippen LogP) is 8.15. The molecule has 5 aromatic rings. The van der Waals surface area contributed by atoms with Crippen LogP contribution in [0.5, 0.6) is 0 Å². The average Bonchev–Trinajstić information content (AvgIpc) is 3.12. The monoisotopic (exact) mass is 516 g/mol. The highest BCUT2D eigenvalue weighted by Gasteiger charge is 2.52. The van der Waals surface area contributed by atoms with Crippen molar-refractivity contribution in [1.29, 1.82) is 0 Å². The number of aromatic nitrogens is 2. The first-order valence-corrected chi connectivity index (χ1v) is 14.1. The van der Waals surface area contributed by atoms with Crippen LogP contribution in [0.25, 0.3) is 43.7 Å². The van der Waals surface area contributed by atoms with Crippen LogP contribution in [0.1, 0.15) is 78.6 Å². The van der Waals surface area contributed by atoms with E-state index in [0.29, 0.717) is 5.92 Å². The molecular formula is C34H37BN2O2. The molecule has 1 fully saturated rings. The Hall–Kier alpha value is -3.28. The summed E-state index contributed by atoms with van der Waals surface area (Å²) >= 11 is 0. The van der Waals surface area contributed by atoms with Crippen molar-refractivity contribution >= 4 is 45.2 Å². The molecule has 3 heterocycles. The molecule has 3 aromatic carbocycles. The number of nitrogens with zero attached hydrogens (tertiary/aromatic N) is 2. The maximum atomic E-state index is 6.61. The van der Waals surface area contributed by atoms with Crippen LogP contribution < -0.4 is 5.46 Å². The van der Waals surface area contributed by atoms with E-state index in [1.807, 2.05) is 0 Å². The summed E-state index contributed by atoms with van der Waals surface area (Å²) in [6, 6.07) is 24.0. The van der Waals surface area contributed by atoms with Gasteiger partial charge in [0.05, 0.1) is 22.2 Å². The summed E-state index contributed by atoms with van der Waals surface area (Å²) in [5, 5.41) is 4.55. The third-order valence-electron chi connectivity index (χ3n) is 8.58. The van der Waals surface area contributed by atoms with Crippen molar-refractivity contribution in [2.24, 2.45) is 0 Å². The lowest BCUT2D eigenvalue weighted by Crippen LogP contribution is -2.41. The molecule has 0 radical (unpaired) electrons. The maximum Gasteiger partial charge on any atom is 0.495 e. The zero-order valence-electron chi connectivity index (χ0n) is 24.3. The molecule has 0 spiro atoms. The topological polar surface area (TPSA) is 44.2 Å². The van der Waals surface area contributed by atoms with Gasteiger partial charge in [0.25, 0.3) is 0 Å². The summed E-state index contributed by atoms with van der Waals surface area (Å²) in [5.41, 5.74) is 6.46. The van der Waals surface area contributed by atoms with Gasteiger partial charge in [0.15, 0.2) is 0 Å². The van der Waals surface area contributed by atoms with Gasteiger partial charge in [-0.1, -0.05) is 76.2 Å². The minimum atomic E-state index is -0.480. The minimum Gasteiger partial charge on any atom is -0.399 e. The first-order valence-electron chi connectivity index (χ1n) is 14.1. The van der Waals surface area contributed by atoms with E-state index in [0.717, 1.165) is 49.8 Å². The summed E-state index contributed by atoms with van der Waals surface area (Å²) in [6.45, 7) is 17.2. The zero-order chi connectivity index (χ0) is 27.7. The smallest absolute Gasteiger partial charge is 0.399 e. The fraction of sp³-hybridized carbons (Fsp3) is 0.353. The zero-order valence-corrected chi connectivity index (χ0v) is 24.3. The minimum absolute atomic E-state index is 0.262. The molecule has 0 bridgehead atoms. The number of hydrogen-bond donors (Lipinski definition) is 0. The van der Waals surface area contributed by atoms with Gasteiger partial charge in [-0.15, -0.1) is 0 Å². The Bertz CT molecular complexity index is 1720. The molecule has 6 rings (SSSR count). The van der Waals surface area contributed by atoms with Crippen LogP contribution >= 0.6 is 0 Å². The number of benzene rings is 3. The number of pyridine rings is 2. The molecule has 0 saturated carbocycles. The summed E-state index contributed by atoms with van der Waals surface area (Å²) in [5.74, 6) is 0.602. The van der Waals surface area contributed by atoms with E-state index in [1.54, 1.807) is 0 Å². The quantitative estimate of drug-likeness (QED) is 0.179. The van der Waals surface area contributed by atoms with Gasteiger partial charge >= 0.3 is 7.12 Å². The van der Waals surface area contributed by atoms with Crippen LogP contribution in [-0.4, -0.2) is 28.3 Å². The van der Waals surface area contributed by atoms with Crippen LogP contribution in [0.4, 0.5) is 0 Å². The van der Waals surface area contributed by atoms with Gasteiger partial charge in [-0.05, 0) is 85.1 Å². The summed E-state index contributed by atoms with van der Waals surface area (Å²) in [4.78, 5) is 10.3. The molecule has 198 valence electrons. The van der Waals surface area contributed by atoms with Crippen LogP contribution in [0.2, 0.25) is 0 Å². The van der Waals surface area contributed by atoms with E-state index in [2.05, 4.69) is 122 Å². The Morgan fingerprint density at radius 2 is 1.21 bits per heavy atom. The first-order chi connectivity index (χ1) is 18.4. The van der Waals surface area contributed by atoms with Gasteiger partial charge in [-0.25, -0.2) is 0 Å². The Morgan fingerprint density at radius 3 is 1.85 bits per heavy atom. The molecule has 4 nitrogen and oxygen atoms in total. The third-order valence-corrected chi connectivity index (χ3v) is 8.58. The Labute approximate surface area is 231 Å². The first kappa shape index (κ1) is 26.0. The van der Waals surface area contributed by atoms with Crippen LogP contribution in [0.3, 0.4) is 0 Å². The number of rotatable bonds is 4. The molecule has 1 saturated heterocycles. The van der Waals surface area contributed by atoms with E-state index in [1.165, 1.54) is 10.8 Å². The largest absolute Gasteiger partial charge is 0.495 e. The molecule has 2 aromatic heterocycles. The lowest BCUT2D eigenvalue weighted by molar-refractivity contribution is 0.00578. The van der Waals surface area contributed by atoms with Gasteiger partial charge < -0.3 is 9.31 Å². The normalized spacial score (nSPS) is 16.8. The highest BCUT2D eigenvalue weighted by atomic mass is 16.7. The second kappa shape index (κ2) is 9.14. The Morgan fingerprint density at radius 1 is 0.615 bits per heavy atom. The van der Waals surface area contributed by atoms with Crippen molar-refractivity contribution in [3.63, 3.8) is 0 Å². The Kier molecular flexibility index (Phi) is 6.09. The van der Waals surface area contributed by atoms with E-state index in [-0.39, 0.29) is 5.92 Å². The van der Waals surface area contributed by atoms with Gasteiger partial charge in [0.2, 0.25) is 0 Å². The van der Waals surface area contributed by atoms with Crippen molar-refractivity contribution < 1.29 is 9.31 Å². The average molecular weight is 516 g/mol. The van der Waals surface area contributed by atoms with Crippen molar-refractivity contribution in [3.05, 3.63) is 78.1 Å². The van der Waals surface area contributed by atoms with Crippen LogP contribution in [0.15, 0.2) is 66.7 Å². The van der Waals surface area contributed by atoms with E-state index < -0.39 is 18.3 Å². The van der Waals surface area contributed by atoms with E-state index in [9.17, 15) is 0 Å². The third kappa shape index (κ3) is 4.33. The summed E-state index contributed by atoms with van der Waals surface area (Å²) < 4.78 is 13.2. The predicted molar refractivity (Wildman–Crippen MR) is 164 cm³/mol. The lowest BCUT2D eigenvalue weighted by atomic mass is 9.73. The summed E-state index contributed by atoms with van der Waals surface area (Å²) in [6.07, 6.45) is 0.